The van der Waals surface area contributed by atoms with Crippen LogP contribution < -0.4 is 4.59 Å². The second kappa shape index (κ2) is 6.63. The number of fused-ring (bicyclic) bond motifs is 1. The Balaban J connectivity index is 2.37. The van der Waals surface area contributed by atoms with Gasteiger partial charge >= 0.3 is 162 Å². The van der Waals surface area contributed by atoms with E-state index in [9.17, 15) is 15.2 Å². The average molecular weight is 412 g/mol. The Bertz CT molecular complexity index is 927. The van der Waals surface area contributed by atoms with Crippen LogP contribution in [0.2, 0.25) is 0 Å². The van der Waals surface area contributed by atoms with Crippen LogP contribution in [0.25, 0.3) is 0 Å². The fraction of sp³-hybridized carbons (Fsp3) is 0.381. The van der Waals surface area contributed by atoms with Gasteiger partial charge in [-0.1, -0.05) is 0 Å². The van der Waals surface area contributed by atoms with Crippen molar-refractivity contribution in [1.82, 2.24) is 4.98 Å². The van der Waals surface area contributed by atoms with Crippen LogP contribution in [0.4, 0.5) is 0 Å². The van der Waals surface area contributed by atoms with Gasteiger partial charge in [0.25, 0.3) is 0 Å². The van der Waals surface area contributed by atoms with Crippen molar-refractivity contribution in [2.24, 2.45) is 5.92 Å². The molecule has 1 aliphatic rings. The van der Waals surface area contributed by atoms with Crippen molar-refractivity contribution in [1.29, 1.82) is 5.26 Å². The van der Waals surface area contributed by atoms with Crippen molar-refractivity contribution in [3.63, 3.8) is 0 Å². The Morgan fingerprint density at radius 1 is 1.35 bits per heavy atom. The number of benzene rings is 1. The second-order valence-electron chi connectivity index (χ2n) is 7.39. The first-order valence-corrected chi connectivity index (χ1v) is 9.43. The summed E-state index contributed by atoms with van der Waals surface area (Å²) in [4.78, 5) is 17.1. The molecule has 1 heterocycles. The molecular formula is C21H21N2O2Se. The van der Waals surface area contributed by atoms with Crippen LogP contribution in [0, 0.1) is 31.1 Å². The number of carbonyl (C=O) groups is 1. The number of aryl methyl sites for hydroxylation is 2. The number of hydrogen-bond donors (Lipinski definition) is 1. The number of Topliss-reactive ketones (excluding diaryl/α,β-unsaturated/α-hetero) is 1. The fourth-order valence-corrected chi connectivity index (χ4v) is 4.90. The first kappa shape index (κ1) is 18.8. The number of rotatable bonds is 2. The van der Waals surface area contributed by atoms with E-state index >= 15 is 0 Å². The van der Waals surface area contributed by atoms with E-state index in [4.69, 9.17) is 0 Å². The van der Waals surface area contributed by atoms with Crippen LogP contribution in [0.15, 0.2) is 24.3 Å². The van der Waals surface area contributed by atoms with Gasteiger partial charge in [-0.3, -0.25) is 0 Å². The van der Waals surface area contributed by atoms with Crippen LogP contribution in [0.1, 0.15) is 53.3 Å². The van der Waals surface area contributed by atoms with Crippen LogP contribution >= 0.6 is 0 Å². The molecule has 0 fully saturated rings. The average Bonchev–Trinajstić information content (AvgIpc) is 2.53. The summed E-state index contributed by atoms with van der Waals surface area (Å²) in [5, 5.41) is 20.8. The Morgan fingerprint density at radius 2 is 1.96 bits per heavy atom. The van der Waals surface area contributed by atoms with Crippen molar-refractivity contribution in [2.45, 2.75) is 45.6 Å². The SMILES string of the molecule is CC(=O)C1C(c2ccc(C)cc2)c2c(C)nc([Se])c(C#N)c2CC1(C)O. The van der Waals surface area contributed by atoms with Crippen LogP contribution in [0.3, 0.4) is 0 Å². The van der Waals surface area contributed by atoms with Gasteiger partial charge in [-0.05, 0) is 0 Å². The zero-order chi connectivity index (χ0) is 19.2. The van der Waals surface area contributed by atoms with Crippen molar-refractivity contribution in [3.8, 4) is 6.07 Å². The molecule has 4 nitrogen and oxygen atoms in total. The molecule has 1 aliphatic carbocycles. The molecule has 0 aliphatic heterocycles. The molecule has 3 rings (SSSR count). The number of ketones is 1. The third-order valence-electron chi connectivity index (χ3n) is 5.34. The molecule has 0 saturated heterocycles. The molecule has 3 unspecified atom stereocenters. The number of carbonyl (C=O) groups excluding carboxylic acids is 1. The molecule has 1 radical (unpaired) electrons. The van der Waals surface area contributed by atoms with E-state index in [-0.39, 0.29) is 18.1 Å². The zero-order valence-corrected chi connectivity index (χ0v) is 17.0. The van der Waals surface area contributed by atoms with Crippen molar-refractivity contribution in [2.75, 3.05) is 0 Å². The van der Waals surface area contributed by atoms with Gasteiger partial charge in [0, 0.05) is 0 Å². The number of nitriles is 1. The maximum absolute atomic E-state index is 12.6. The van der Waals surface area contributed by atoms with Gasteiger partial charge in [0.1, 0.15) is 0 Å². The summed E-state index contributed by atoms with van der Waals surface area (Å²) in [6.07, 6.45) is 0.260. The van der Waals surface area contributed by atoms with Gasteiger partial charge in [0.15, 0.2) is 0 Å². The normalized spacial score (nSPS) is 24.6. The Morgan fingerprint density at radius 3 is 2.50 bits per heavy atom. The van der Waals surface area contributed by atoms with Crippen LogP contribution in [-0.2, 0) is 11.2 Å². The molecule has 5 heteroatoms. The van der Waals surface area contributed by atoms with E-state index in [0.29, 0.717) is 10.2 Å². The molecular weight excluding hydrogens is 391 g/mol. The van der Waals surface area contributed by atoms with Crippen LogP contribution in [0.5, 0.6) is 0 Å². The number of hydrogen-bond acceptors (Lipinski definition) is 4. The second-order valence-corrected chi connectivity index (χ2v) is 8.20. The summed E-state index contributed by atoms with van der Waals surface area (Å²) in [6, 6.07) is 10.2. The Hall–Kier alpha value is -1.99. The van der Waals surface area contributed by atoms with Crippen molar-refractivity contribution >= 4 is 26.4 Å². The van der Waals surface area contributed by atoms with Gasteiger partial charge < -0.3 is 0 Å². The quantitative estimate of drug-likeness (QED) is 0.766. The van der Waals surface area contributed by atoms with Gasteiger partial charge in [-0.25, -0.2) is 0 Å². The van der Waals surface area contributed by atoms with E-state index in [1.54, 1.807) is 6.92 Å². The zero-order valence-electron chi connectivity index (χ0n) is 15.3. The Kier molecular flexibility index (Phi) is 4.79. The number of pyridine rings is 1. The summed E-state index contributed by atoms with van der Waals surface area (Å²) in [5.41, 5.74) is 3.80. The third-order valence-corrected chi connectivity index (χ3v) is 5.95. The molecule has 1 aromatic carbocycles. The van der Waals surface area contributed by atoms with Gasteiger partial charge in [0.2, 0.25) is 0 Å². The van der Waals surface area contributed by atoms with Gasteiger partial charge in [0.05, 0.1) is 0 Å². The molecule has 0 bridgehead atoms. The molecule has 1 N–H and O–H groups in total. The molecule has 2 aromatic rings. The maximum atomic E-state index is 12.6. The topological polar surface area (TPSA) is 74.0 Å². The van der Waals surface area contributed by atoms with E-state index in [1.807, 2.05) is 38.1 Å². The Labute approximate surface area is 162 Å². The van der Waals surface area contributed by atoms with Gasteiger partial charge in [-0.15, -0.1) is 0 Å². The molecule has 3 atom stereocenters. The summed E-state index contributed by atoms with van der Waals surface area (Å²) in [7, 11) is 0. The monoisotopic (exact) mass is 413 g/mol. The van der Waals surface area contributed by atoms with E-state index < -0.39 is 11.5 Å². The molecule has 1 aromatic heterocycles. The molecule has 0 amide bonds. The van der Waals surface area contributed by atoms with Crippen LogP contribution in [-0.4, -0.2) is 37.5 Å². The number of aromatic nitrogens is 1. The number of aliphatic hydroxyl groups is 1. The first-order chi connectivity index (χ1) is 12.2. The van der Waals surface area contributed by atoms with Crippen molar-refractivity contribution in [3.05, 3.63) is 57.8 Å². The minimum atomic E-state index is -1.24. The fourth-order valence-electron chi connectivity index (χ4n) is 4.26. The van der Waals surface area contributed by atoms with Gasteiger partial charge in [-0.2, -0.15) is 0 Å². The summed E-state index contributed by atoms with van der Waals surface area (Å²) >= 11 is 2.85. The molecule has 26 heavy (non-hydrogen) atoms. The van der Waals surface area contributed by atoms with E-state index in [0.717, 1.165) is 27.9 Å². The van der Waals surface area contributed by atoms with E-state index in [2.05, 4.69) is 27.1 Å². The molecule has 0 spiro atoms. The standard InChI is InChI=1S/C21H21N2O2Se/c1-11-5-7-14(8-6-11)18-17-12(2)23-20(26)16(10-22)15(17)9-21(4,25)19(18)13(3)24/h5-8,18-19,25H,9H2,1-4H3. The predicted molar refractivity (Wildman–Crippen MR) is 101 cm³/mol. The summed E-state index contributed by atoms with van der Waals surface area (Å²) in [6.45, 7) is 7.14. The third kappa shape index (κ3) is 2.99. The van der Waals surface area contributed by atoms with E-state index in [1.165, 1.54) is 6.92 Å². The predicted octanol–water partition coefficient (Wildman–Crippen LogP) is 2.01. The molecule has 133 valence electrons. The minimum absolute atomic E-state index is 0.0590. The number of nitrogens with zero attached hydrogens (tertiary/aromatic N) is 2. The van der Waals surface area contributed by atoms with Crippen molar-refractivity contribution < 1.29 is 9.90 Å². The summed E-state index contributed by atoms with van der Waals surface area (Å²) in [5.74, 6) is -0.972. The first-order valence-electron chi connectivity index (χ1n) is 8.57. The summed E-state index contributed by atoms with van der Waals surface area (Å²) < 4.78 is 0.545. The molecule has 0 saturated carbocycles.